The number of allylic oxidation sites excluding steroid dienone is 1. The lowest BCUT2D eigenvalue weighted by Gasteiger charge is -2.30. The maximum atomic E-state index is 4.89. The Bertz CT molecular complexity index is 1760. The number of fused-ring (bicyclic) bond motifs is 9. The molecule has 2 nitrogen and oxygen atoms in total. The number of hydrogen-bond acceptors (Lipinski definition) is 0. The summed E-state index contributed by atoms with van der Waals surface area (Å²) >= 11 is 0. The van der Waals surface area contributed by atoms with Crippen molar-refractivity contribution in [1.29, 1.82) is 0 Å². The lowest BCUT2D eigenvalue weighted by atomic mass is 9.78. The summed E-state index contributed by atoms with van der Waals surface area (Å²) in [5, 5.41) is 0. The van der Waals surface area contributed by atoms with Gasteiger partial charge in [-0.25, -0.2) is 0 Å². The summed E-state index contributed by atoms with van der Waals surface area (Å²) in [6, 6.07) is 33.7. The van der Waals surface area contributed by atoms with Crippen LogP contribution < -0.4 is 9.13 Å². The fourth-order valence-corrected chi connectivity index (χ4v) is 6.84. The van der Waals surface area contributed by atoms with Crippen molar-refractivity contribution in [3.63, 3.8) is 0 Å². The number of nitrogens with zero attached hydrogens (tertiary/aromatic N) is 2. The highest BCUT2D eigenvalue weighted by atomic mass is 15.1. The minimum Gasteiger partial charge on any atom is -0.184 e. The Balaban J connectivity index is 1.53. The van der Waals surface area contributed by atoms with Crippen LogP contribution in [-0.4, -0.2) is 0 Å². The van der Waals surface area contributed by atoms with Crippen LogP contribution >= 0.6 is 0 Å². The molecular formula is C37H34N2+2. The zero-order valence-electron chi connectivity index (χ0n) is 23.0. The molecule has 190 valence electrons. The third kappa shape index (κ3) is 3.86. The minimum atomic E-state index is 0.110. The summed E-state index contributed by atoms with van der Waals surface area (Å²) in [6.45, 7) is 11.5. The van der Waals surface area contributed by atoms with Crippen molar-refractivity contribution in [3.05, 3.63) is 138 Å². The van der Waals surface area contributed by atoms with Gasteiger partial charge in [-0.2, -0.15) is 9.13 Å². The molecule has 0 saturated carbocycles. The van der Waals surface area contributed by atoms with E-state index in [0.717, 1.165) is 18.5 Å². The quantitative estimate of drug-likeness (QED) is 0.204. The topological polar surface area (TPSA) is 7.76 Å². The van der Waals surface area contributed by atoms with E-state index < -0.39 is 0 Å². The summed E-state index contributed by atoms with van der Waals surface area (Å²) in [5.41, 5.74) is 15.4. The van der Waals surface area contributed by atoms with Gasteiger partial charge in [0.05, 0.1) is 5.92 Å². The lowest BCUT2D eigenvalue weighted by molar-refractivity contribution is -0.727. The summed E-state index contributed by atoms with van der Waals surface area (Å²) in [4.78, 5) is 0. The van der Waals surface area contributed by atoms with Gasteiger partial charge in [-0.15, -0.1) is 0 Å². The summed E-state index contributed by atoms with van der Waals surface area (Å²) in [7, 11) is 0. The molecule has 2 aliphatic heterocycles. The van der Waals surface area contributed by atoms with E-state index in [4.69, 9.17) is 6.58 Å². The maximum absolute atomic E-state index is 4.89. The van der Waals surface area contributed by atoms with E-state index in [9.17, 15) is 0 Å². The first kappa shape index (κ1) is 23.8. The molecule has 5 aromatic rings. The molecule has 2 unspecified atom stereocenters. The Morgan fingerprint density at radius 1 is 0.692 bits per heavy atom. The van der Waals surface area contributed by atoms with E-state index in [1.54, 1.807) is 0 Å². The highest BCUT2D eigenvalue weighted by molar-refractivity contribution is 5.71. The monoisotopic (exact) mass is 506 g/mol. The van der Waals surface area contributed by atoms with E-state index in [-0.39, 0.29) is 6.04 Å². The molecule has 4 heterocycles. The van der Waals surface area contributed by atoms with Gasteiger partial charge in [0.15, 0.2) is 12.4 Å². The molecule has 0 radical (unpaired) electrons. The molecule has 2 heteroatoms. The average Bonchev–Trinajstić information content (AvgIpc) is 3.00. The molecule has 0 spiro atoms. The summed E-state index contributed by atoms with van der Waals surface area (Å²) < 4.78 is 4.91. The lowest BCUT2D eigenvalue weighted by Crippen LogP contribution is -2.53. The first-order valence-corrected chi connectivity index (χ1v) is 14.0. The van der Waals surface area contributed by atoms with Gasteiger partial charge in [0.25, 0.3) is 0 Å². The second kappa shape index (κ2) is 9.17. The van der Waals surface area contributed by atoms with Gasteiger partial charge >= 0.3 is 0 Å². The van der Waals surface area contributed by atoms with Crippen LogP contribution in [0.4, 0.5) is 0 Å². The van der Waals surface area contributed by atoms with Crippen molar-refractivity contribution in [1.82, 2.24) is 0 Å². The van der Waals surface area contributed by atoms with Gasteiger partial charge in [0.2, 0.25) is 23.1 Å². The highest BCUT2D eigenvalue weighted by Crippen LogP contribution is 2.45. The molecule has 0 fully saturated rings. The number of pyridine rings is 2. The molecule has 0 aliphatic carbocycles. The number of aryl methyl sites for hydroxylation is 4. The first-order valence-electron chi connectivity index (χ1n) is 14.0. The van der Waals surface area contributed by atoms with Crippen LogP contribution in [-0.2, 0) is 6.42 Å². The predicted octanol–water partition coefficient (Wildman–Crippen LogP) is 7.94. The molecule has 0 amide bonds. The fourth-order valence-electron chi connectivity index (χ4n) is 6.84. The van der Waals surface area contributed by atoms with Crippen LogP contribution in [0.2, 0.25) is 0 Å². The SMILES string of the molecule is C=C1C2C(CCc3ccccc3-c3cc(C)c(-c4ccccc4)c[n+]31)c1cc(C)ccc1-c1ccc(C)c[n+]12. The molecule has 2 atom stereocenters. The van der Waals surface area contributed by atoms with Crippen molar-refractivity contribution < 1.29 is 9.13 Å². The van der Waals surface area contributed by atoms with Crippen LogP contribution in [0, 0.1) is 20.8 Å². The van der Waals surface area contributed by atoms with Crippen molar-refractivity contribution >= 4 is 5.70 Å². The van der Waals surface area contributed by atoms with Crippen LogP contribution in [0.3, 0.4) is 0 Å². The number of hydrogen-bond donors (Lipinski definition) is 0. The molecule has 2 aliphatic rings. The minimum absolute atomic E-state index is 0.110. The van der Waals surface area contributed by atoms with Crippen LogP contribution in [0.5, 0.6) is 0 Å². The molecule has 39 heavy (non-hydrogen) atoms. The predicted molar refractivity (Wildman–Crippen MR) is 159 cm³/mol. The summed E-state index contributed by atoms with van der Waals surface area (Å²) in [6.07, 6.45) is 6.76. The van der Waals surface area contributed by atoms with E-state index in [2.05, 4.69) is 133 Å². The normalized spacial score (nSPS) is 17.5. The molecule has 3 aromatic carbocycles. The Morgan fingerprint density at radius 3 is 2.31 bits per heavy atom. The Labute approximate surface area is 231 Å². The van der Waals surface area contributed by atoms with E-state index in [0.29, 0.717) is 5.92 Å². The molecule has 7 rings (SSSR count). The highest BCUT2D eigenvalue weighted by Gasteiger charge is 2.47. The summed E-state index contributed by atoms with van der Waals surface area (Å²) in [5.74, 6) is 0.319. The molecular weight excluding hydrogens is 472 g/mol. The van der Waals surface area contributed by atoms with Gasteiger partial charge < -0.3 is 0 Å². The molecule has 0 bridgehead atoms. The van der Waals surface area contributed by atoms with Crippen molar-refractivity contribution in [3.8, 4) is 33.6 Å². The molecule has 0 N–H and O–H groups in total. The van der Waals surface area contributed by atoms with Gasteiger partial charge in [-0.05, 0) is 80.6 Å². The average molecular weight is 507 g/mol. The largest absolute Gasteiger partial charge is 0.249 e. The van der Waals surface area contributed by atoms with Crippen molar-refractivity contribution in [2.45, 2.75) is 45.6 Å². The zero-order chi connectivity index (χ0) is 26.7. The Morgan fingerprint density at radius 2 is 1.46 bits per heavy atom. The van der Waals surface area contributed by atoms with Crippen molar-refractivity contribution in [2.75, 3.05) is 0 Å². The molecule has 2 aromatic heterocycles. The van der Waals surface area contributed by atoms with Crippen LogP contribution in [0.25, 0.3) is 39.3 Å². The van der Waals surface area contributed by atoms with Crippen molar-refractivity contribution in [2.24, 2.45) is 0 Å². The second-order valence-electron chi connectivity index (χ2n) is 11.3. The smallest absolute Gasteiger partial charge is 0.184 e. The maximum Gasteiger partial charge on any atom is 0.249 e. The third-order valence-corrected chi connectivity index (χ3v) is 8.74. The molecule has 0 saturated heterocycles. The standard InChI is InChI=1S/C37H34N2/c1-24-14-17-31-33(20-24)32-18-16-29-12-8-9-13-30(29)36-21-26(3)34(28-10-6-5-7-11-28)23-38(36)27(4)37(32)39-22-25(2)15-19-35(31)39/h5-15,17,19-23,32,37H,4,16,18H2,1-3H3/q+2. The van der Waals surface area contributed by atoms with Gasteiger partial charge in [0.1, 0.15) is 0 Å². The first-order chi connectivity index (χ1) is 19.0. The number of rotatable bonds is 1. The zero-order valence-corrected chi connectivity index (χ0v) is 23.0. The third-order valence-electron chi connectivity index (χ3n) is 8.74. The fraction of sp³-hybridized carbons (Fsp3) is 0.189. The van der Waals surface area contributed by atoms with E-state index in [1.807, 2.05) is 0 Å². The number of aromatic nitrogens is 2. The van der Waals surface area contributed by atoms with Gasteiger partial charge in [-0.1, -0.05) is 66.2 Å². The van der Waals surface area contributed by atoms with E-state index >= 15 is 0 Å². The van der Waals surface area contributed by atoms with E-state index in [1.165, 1.54) is 61.5 Å². The van der Waals surface area contributed by atoms with Gasteiger partial charge in [0, 0.05) is 34.4 Å². The van der Waals surface area contributed by atoms with Gasteiger partial charge in [-0.3, -0.25) is 0 Å². The Kier molecular flexibility index (Phi) is 5.59. The Hall–Kier alpha value is -4.30. The number of benzene rings is 3. The van der Waals surface area contributed by atoms with Crippen LogP contribution in [0.15, 0.2) is 110 Å². The van der Waals surface area contributed by atoms with Crippen LogP contribution in [0.1, 0.15) is 46.2 Å². The second-order valence-corrected chi connectivity index (χ2v) is 11.3.